The van der Waals surface area contributed by atoms with E-state index >= 15 is 0 Å². The summed E-state index contributed by atoms with van der Waals surface area (Å²) in [4.78, 5) is 11.6. The van der Waals surface area contributed by atoms with E-state index in [-0.39, 0.29) is 17.7 Å². The summed E-state index contributed by atoms with van der Waals surface area (Å²) in [7, 11) is 0. The summed E-state index contributed by atoms with van der Waals surface area (Å²) in [6.45, 7) is 4.68. The molecule has 24 heavy (non-hydrogen) atoms. The van der Waals surface area contributed by atoms with Crippen LogP contribution in [0.15, 0.2) is 48.5 Å². The maximum atomic E-state index is 13.1. The molecular weight excluding hydrogens is 310 g/mol. The van der Waals surface area contributed by atoms with E-state index in [0.717, 1.165) is 11.1 Å². The molecule has 3 rings (SSSR count). The first-order chi connectivity index (χ1) is 11.5. The first-order valence-electron chi connectivity index (χ1n) is 8.10. The predicted octanol–water partition coefficient (Wildman–Crippen LogP) is 4.33. The van der Waals surface area contributed by atoms with E-state index in [0.29, 0.717) is 6.54 Å². The van der Waals surface area contributed by atoms with Gasteiger partial charge in [-0.2, -0.15) is 0 Å². The van der Waals surface area contributed by atoms with E-state index in [1.807, 2.05) is 0 Å². The number of nitrogens with one attached hydrogen (secondary N) is 2. The Morgan fingerprint density at radius 3 is 1.58 bits per heavy atom. The van der Waals surface area contributed by atoms with Crippen molar-refractivity contribution in [3.63, 3.8) is 0 Å². The van der Waals surface area contributed by atoms with Crippen molar-refractivity contribution < 1.29 is 13.6 Å². The van der Waals surface area contributed by atoms with Crippen LogP contribution in [0.4, 0.5) is 13.6 Å². The number of urea groups is 1. The third-order valence-corrected chi connectivity index (χ3v) is 4.02. The van der Waals surface area contributed by atoms with Crippen molar-refractivity contribution in [3.05, 3.63) is 71.3 Å². The lowest BCUT2D eigenvalue weighted by atomic mass is 9.83. The lowest BCUT2D eigenvalue weighted by Crippen LogP contribution is -2.41. The standard InChI is InChI=1S/C15H12F2N2O.C4H10/c16-12-5-1-10(2-6-12)15(9-18-14(20)19-15)11-3-7-13(17)8-4-11;1-3-4-2/h1-8H,9H2,(H2,18,19,20);3-4H2,1-2H3. The molecular formula is C19H22F2N2O. The van der Waals surface area contributed by atoms with Gasteiger partial charge in [-0.05, 0) is 35.4 Å². The van der Waals surface area contributed by atoms with Crippen molar-refractivity contribution in [3.8, 4) is 0 Å². The number of benzene rings is 2. The van der Waals surface area contributed by atoms with Crippen molar-refractivity contribution >= 4 is 6.03 Å². The molecule has 0 bridgehead atoms. The van der Waals surface area contributed by atoms with Crippen LogP contribution in [0.1, 0.15) is 37.8 Å². The molecule has 0 unspecified atom stereocenters. The van der Waals surface area contributed by atoms with Crippen LogP contribution in [0.3, 0.4) is 0 Å². The molecule has 2 N–H and O–H groups in total. The number of hydrogen-bond acceptors (Lipinski definition) is 1. The predicted molar refractivity (Wildman–Crippen MR) is 90.7 cm³/mol. The van der Waals surface area contributed by atoms with Gasteiger partial charge in [0.1, 0.15) is 17.2 Å². The Bertz CT molecular complexity index is 621. The largest absolute Gasteiger partial charge is 0.335 e. The van der Waals surface area contributed by atoms with Gasteiger partial charge >= 0.3 is 6.03 Å². The van der Waals surface area contributed by atoms with Gasteiger partial charge in [-0.15, -0.1) is 0 Å². The fourth-order valence-electron chi connectivity index (χ4n) is 2.48. The summed E-state index contributed by atoms with van der Waals surface area (Å²) < 4.78 is 26.2. The molecule has 0 aromatic heterocycles. The van der Waals surface area contributed by atoms with E-state index in [2.05, 4.69) is 24.5 Å². The Labute approximate surface area is 141 Å². The van der Waals surface area contributed by atoms with Gasteiger partial charge in [0.15, 0.2) is 0 Å². The molecule has 2 amide bonds. The van der Waals surface area contributed by atoms with Crippen LogP contribution in [-0.4, -0.2) is 12.6 Å². The van der Waals surface area contributed by atoms with E-state index in [4.69, 9.17) is 0 Å². The van der Waals surface area contributed by atoms with Crippen molar-refractivity contribution in [1.82, 2.24) is 10.6 Å². The number of halogens is 2. The summed E-state index contributed by atoms with van der Waals surface area (Å²) >= 11 is 0. The number of amides is 2. The monoisotopic (exact) mass is 332 g/mol. The quantitative estimate of drug-likeness (QED) is 0.863. The summed E-state index contributed by atoms with van der Waals surface area (Å²) in [5, 5.41) is 5.54. The Morgan fingerprint density at radius 2 is 1.29 bits per heavy atom. The zero-order valence-corrected chi connectivity index (χ0v) is 13.9. The minimum Gasteiger partial charge on any atom is -0.335 e. The summed E-state index contributed by atoms with van der Waals surface area (Å²) in [5.74, 6) is -0.694. The van der Waals surface area contributed by atoms with Gasteiger partial charge in [0.25, 0.3) is 0 Å². The third-order valence-electron chi connectivity index (χ3n) is 4.02. The highest BCUT2D eigenvalue weighted by Gasteiger charge is 2.40. The molecule has 0 atom stereocenters. The average Bonchev–Trinajstić information content (AvgIpc) is 2.99. The molecule has 0 radical (unpaired) electrons. The maximum Gasteiger partial charge on any atom is 0.315 e. The smallest absolute Gasteiger partial charge is 0.315 e. The molecule has 1 heterocycles. The zero-order valence-electron chi connectivity index (χ0n) is 13.9. The van der Waals surface area contributed by atoms with Crippen LogP contribution in [0.5, 0.6) is 0 Å². The molecule has 5 heteroatoms. The second-order valence-corrected chi connectivity index (χ2v) is 5.73. The SMILES string of the molecule is CCCC.O=C1NCC(c2ccc(F)cc2)(c2ccc(F)cc2)N1. The molecule has 128 valence electrons. The second kappa shape index (κ2) is 7.90. The minimum atomic E-state index is -0.807. The van der Waals surface area contributed by atoms with Crippen molar-refractivity contribution in [2.24, 2.45) is 0 Å². The molecule has 1 aliphatic heterocycles. The van der Waals surface area contributed by atoms with Crippen LogP contribution in [0.2, 0.25) is 0 Å². The highest BCUT2D eigenvalue weighted by molar-refractivity contribution is 5.79. The van der Waals surface area contributed by atoms with E-state index in [1.165, 1.54) is 37.1 Å². The molecule has 2 aromatic rings. The molecule has 1 aliphatic rings. The molecule has 3 nitrogen and oxygen atoms in total. The van der Waals surface area contributed by atoms with Gasteiger partial charge < -0.3 is 10.6 Å². The Morgan fingerprint density at radius 1 is 0.875 bits per heavy atom. The van der Waals surface area contributed by atoms with E-state index in [9.17, 15) is 13.6 Å². The van der Waals surface area contributed by atoms with Crippen molar-refractivity contribution in [1.29, 1.82) is 0 Å². The number of unbranched alkanes of at least 4 members (excludes halogenated alkanes) is 1. The van der Waals surface area contributed by atoms with Gasteiger partial charge in [-0.3, -0.25) is 0 Å². The molecule has 1 saturated heterocycles. The lowest BCUT2D eigenvalue weighted by molar-refractivity contribution is 0.246. The van der Waals surface area contributed by atoms with Gasteiger partial charge in [0.2, 0.25) is 0 Å². The number of rotatable bonds is 3. The van der Waals surface area contributed by atoms with E-state index in [1.54, 1.807) is 24.3 Å². The average molecular weight is 332 g/mol. The summed E-state index contributed by atoms with van der Waals surface area (Å²) in [5.41, 5.74) is 0.672. The molecule has 0 saturated carbocycles. The van der Waals surface area contributed by atoms with Crippen LogP contribution in [0.25, 0.3) is 0 Å². The Hall–Kier alpha value is -2.43. The Kier molecular flexibility index (Phi) is 5.90. The van der Waals surface area contributed by atoms with Crippen molar-refractivity contribution in [2.75, 3.05) is 6.54 Å². The minimum absolute atomic E-state index is 0.307. The molecule has 0 spiro atoms. The summed E-state index contributed by atoms with van der Waals surface area (Å²) in [6.07, 6.45) is 2.64. The highest BCUT2D eigenvalue weighted by atomic mass is 19.1. The third kappa shape index (κ3) is 3.91. The second-order valence-electron chi connectivity index (χ2n) is 5.73. The molecule has 2 aromatic carbocycles. The van der Waals surface area contributed by atoms with Gasteiger partial charge in [0, 0.05) is 0 Å². The number of carbonyl (C=O) groups is 1. The van der Waals surface area contributed by atoms with Crippen LogP contribution < -0.4 is 10.6 Å². The fourth-order valence-corrected chi connectivity index (χ4v) is 2.48. The van der Waals surface area contributed by atoms with Gasteiger partial charge in [-0.1, -0.05) is 51.0 Å². The zero-order chi connectivity index (χ0) is 17.6. The van der Waals surface area contributed by atoms with Crippen LogP contribution in [0, 0.1) is 11.6 Å². The number of hydrogen-bond donors (Lipinski definition) is 2. The van der Waals surface area contributed by atoms with Gasteiger partial charge in [0.05, 0.1) is 6.54 Å². The summed E-state index contributed by atoms with van der Waals surface area (Å²) in [6, 6.07) is 11.5. The van der Waals surface area contributed by atoms with Crippen molar-refractivity contribution in [2.45, 2.75) is 32.2 Å². The van der Waals surface area contributed by atoms with Gasteiger partial charge in [-0.25, -0.2) is 13.6 Å². The van der Waals surface area contributed by atoms with Crippen LogP contribution >= 0.6 is 0 Å². The number of carbonyl (C=O) groups excluding carboxylic acids is 1. The highest BCUT2D eigenvalue weighted by Crippen LogP contribution is 2.31. The fraction of sp³-hybridized carbons (Fsp3) is 0.316. The molecule has 1 fully saturated rings. The maximum absolute atomic E-state index is 13.1. The van der Waals surface area contributed by atoms with E-state index < -0.39 is 5.54 Å². The Balaban J connectivity index is 0.000000471. The molecule has 0 aliphatic carbocycles. The first-order valence-corrected chi connectivity index (χ1v) is 8.10. The normalized spacial score (nSPS) is 15.1. The first kappa shape index (κ1) is 17.9. The topological polar surface area (TPSA) is 41.1 Å². The van der Waals surface area contributed by atoms with Crippen LogP contribution in [-0.2, 0) is 5.54 Å². The lowest BCUT2D eigenvalue weighted by Gasteiger charge is -2.29.